The lowest BCUT2D eigenvalue weighted by Crippen LogP contribution is -2.04. The molecule has 0 spiro atoms. The molecule has 0 radical (unpaired) electrons. The molecule has 1 saturated heterocycles. The van der Waals surface area contributed by atoms with Crippen LogP contribution in [0.5, 0.6) is 0 Å². The Morgan fingerprint density at radius 2 is 1.39 bits per heavy atom. The first-order valence-corrected chi connectivity index (χ1v) is 6.70. The zero-order valence-corrected chi connectivity index (χ0v) is 10.5. The Labute approximate surface area is 110 Å². The van der Waals surface area contributed by atoms with Crippen LogP contribution in [0.2, 0.25) is 0 Å². The van der Waals surface area contributed by atoms with E-state index in [9.17, 15) is 4.79 Å². The molecule has 90 valence electrons. The molecule has 3 rings (SSSR count). The zero-order valence-electron chi connectivity index (χ0n) is 9.65. The van der Waals surface area contributed by atoms with E-state index < -0.39 is 0 Å². The highest BCUT2D eigenvalue weighted by molar-refractivity contribution is 8.13. The minimum Gasteiger partial charge on any atom is -0.448 e. The SMILES string of the molecule is O=C1O[C@@H](c2ccccc2)[C@H](c2ccccc2)S1. The number of cyclic esters (lactones) is 1. The fourth-order valence-corrected chi connectivity index (χ4v) is 3.13. The van der Waals surface area contributed by atoms with Crippen LogP contribution < -0.4 is 0 Å². The van der Waals surface area contributed by atoms with Crippen molar-refractivity contribution in [2.45, 2.75) is 11.4 Å². The standard InChI is InChI=1S/C15H12O2S/c16-15-17-13(11-7-3-1-4-8-11)14(18-15)12-9-5-2-6-10-12/h1-10,13-14H/t13-,14-/m0/s1. The van der Waals surface area contributed by atoms with E-state index >= 15 is 0 Å². The van der Waals surface area contributed by atoms with Crippen molar-refractivity contribution in [1.29, 1.82) is 0 Å². The van der Waals surface area contributed by atoms with Crippen LogP contribution in [0.15, 0.2) is 60.7 Å². The van der Waals surface area contributed by atoms with Gasteiger partial charge in [-0.2, -0.15) is 0 Å². The van der Waals surface area contributed by atoms with Crippen molar-refractivity contribution in [2.24, 2.45) is 0 Å². The summed E-state index contributed by atoms with van der Waals surface area (Å²) in [6, 6.07) is 19.9. The van der Waals surface area contributed by atoms with E-state index in [0.717, 1.165) is 11.1 Å². The van der Waals surface area contributed by atoms with Gasteiger partial charge in [-0.3, -0.25) is 0 Å². The predicted octanol–water partition coefficient (Wildman–Crippen LogP) is 4.35. The average Bonchev–Trinajstić information content (AvgIpc) is 2.83. The van der Waals surface area contributed by atoms with Gasteiger partial charge in [0.25, 0.3) is 0 Å². The number of ether oxygens (including phenoxy) is 1. The Hall–Kier alpha value is -1.74. The second-order valence-electron chi connectivity index (χ2n) is 4.15. The molecule has 3 heteroatoms. The summed E-state index contributed by atoms with van der Waals surface area (Å²) in [5.41, 5.74) is 2.17. The largest absolute Gasteiger partial charge is 0.448 e. The molecular formula is C15H12O2S. The number of hydrogen-bond donors (Lipinski definition) is 0. The lowest BCUT2D eigenvalue weighted by atomic mass is 10.0. The van der Waals surface area contributed by atoms with Crippen molar-refractivity contribution in [3.8, 4) is 0 Å². The lowest BCUT2D eigenvalue weighted by molar-refractivity contribution is 0.133. The number of carbonyl (C=O) groups excluding carboxylic acids is 1. The molecule has 0 N–H and O–H groups in total. The molecule has 1 aliphatic rings. The molecule has 2 aromatic rings. The monoisotopic (exact) mass is 256 g/mol. The molecule has 1 heterocycles. The number of thioether (sulfide) groups is 1. The van der Waals surface area contributed by atoms with Gasteiger partial charge in [-0.05, 0) is 22.9 Å². The number of benzene rings is 2. The van der Waals surface area contributed by atoms with Crippen LogP contribution in [0.3, 0.4) is 0 Å². The van der Waals surface area contributed by atoms with Crippen molar-refractivity contribution in [3.63, 3.8) is 0 Å². The summed E-state index contributed by atoms with van der Waals surface area (Å²) in [6.45, 7) is 0. The molecule has 2 atom stereocenters. The molecule has 0 unspecified atom stereocenters. The van der Waals surface area contributed by atoms with Gasteiger partial charge < -0.3 is 4.74 Å². The third kappa shape index (κ3) is 2.14. The van der Waals surface area contributed by atoms with E-state index in [1.807, 2.05) is 60.7 Å². The van der Waals surface area contributed by atoms with Gasteiger partial charge in [0.1, 0.15) is 6.10 Å². The summed E-state index contributed by atoms with van der Waals surface area (Å²) in [5.74, 6) is 0. The molecule has 1 aliphatic heterocycles. The molecule has 1 fully saturated rings. The van der Waals surface area contributed by atoms with Crippen molar-refractivity contribution in [2.75, 3.05) is 0 Å². The zero-order chi connectivity index (χ0) is 12.4. The second-order valence-corrected chi connectivity index (χ2v) is 5.23. The van der Waals surface area contributed by atoms with Crippen molar-refractivity contribution < 1.29 is 9.53 Å². The molecule has 2 aromatic carbocycles. The predicted molar refractivity (Wildman–Crippen MR) is 72.4 cm³/mol. The van der Waals surface area contributed by atoms with E-state index in [2.05, 4.69) is 0 Å². The Bertz CT molecular complexity index is 489. The normalized spacial score (nSPS) is 22.8. The maximum Gasteiger partial charge on any atom is 0.368 e. The summed E-state index contributed by atoms with van der Waals surface area (Å²) < 4.78 is 5.44. The molecule has 0 aliphatic carbocycles. The van der Waals surface area contributed by atoms with Gasteiger partial charge in [0.2, 0.25) is 0 Å². The van der Waals surface area contributed by atoms with E-state index in [1.165, 1.54) is 11.8 Å². The average molecular weight is 256 g/mol. The second kappa shape index (κ2) is 4.86. The van der Waals surface area contributed by atoms with Gasteiger partial charge >= 0.3 is 5.30 Å². The first kappa shape index (κ1) is 11.4. The van der Waals surface area contributed by atoms with E-state index in [4.69, 9.17) is 4.74 Å². The van der Waals surface area contributed by atoms with Gasteiger partial charge in [0.15, 0.2) is 0 Å². The molecule has 2 nitrogen and oxygen atoms in total. The maximum atomic E-state index is 11.6. The molecule has 0 aromatic heterocycles. The van der Waals surface area contributed by atoms with Gasteiger partial charge in [0.05, 0.1) is 5.25 Å². The minimum atomic E-state index is -0.197. The lowest BCUT2D eigenvalue weighted by Gasteiger charge is -2.16. The molecule has 0 bridgehead atoms. The fraction of sp³-hybridized carbons (Fsp3) is 0.133. The Kier molecular flexibility index (Phi) is 3.07. The molecular weight excluding hydrogens is 244 g/mol. The van der Waals surface area contributed by atoms with Crippen LogP contribution in [0.4, 0.5) is 4.79 Å². The summed E-state index contributed by atoms with van der Waals surface area (Å²) in [6.07, 6.45) is -0.189. The number of rotatable bonds is 2. The van der Waals surface area contributed by atoms with E-state index in [1.54, 1.807) is 0 Å². The summed E-state index contributed by atoms with van der Waals surface area (Å²) in [5, 5.41) is -0.154. The molecule has 18 heavy (non-hydrogen) atoms. The van der Waals surface area contributed by atoms with Crippen molar-refractivity contribution in [1.82, 2.24) is 0 Å². The van der Waals surface area contributed by atoms with Gasteiger partial charge in [-0.1, -0.05) is 60.7 Å². The highest BCUT2D eigenvalue weighted by Crippen LogP contribution is 2.49. The Balaban J connectivity index is 1.96. The van der Waals surface area contributed by atoms with E-state index in [0.29, 0.717) is 0 Å². The minimum absolute atomic E-state index is 0.0427. The van der Waals surface area contributed by atoms with Crippen LogP contribution in [-0.4, -0.2) is 5.30 Å². The first-order valence-electron chi connectivity index (χ1n) is 5.82. The van der Waals surface area contributed by atoms with Crippen LogP contribution in [0.1, 0.15) is 22.5 Å². The highest BCUT2D eigenvalue weighted by atomic mass is 32.2. The summed E-state index contributed by atoms with van der Waals surface area (Å²) in [7, 11) is 0. The Morgan fingerprint density at radius 3 is 2.00 bits per heavy atom. The van der Waals surface area contributed by atoms with Crippen molar-refractivity contribution in [3.05, 3.63) is 71.8 Å². The van der Waals surface area contributed by atoms with Crippen LogP contribution in [-0.2, 0) is 4.74 Å². The number of carbonyl (C=O) groups is 1. The third-order valence-corrected chi connectivity index (χ3v) is 4.04. The highest BCUT2D eigenvalue weighted by Gasteiger charge is 2.37. The van der Waals surface area contributed by atoms with Crippen LogP contribution >= 0.6 is 11.8 Å². The van der Waals surface area contributed by atoms with Gasteiger partial charge in [-0.15, -0.1) is 0 Å². The first-order chi connectivity index (χ1) is 8.84. The molecule has 0 saturated carbocycles. The summed E-state index contributed by atoms with van der Waals surface area (Å²) in [4.78, 5) is 11.6. The van der Waals surface area contributed by atoms with E-state index in [-0.39, 0.29) is 16.7 Å². The van der Waals surface area contributed by atoms with Gasteiger partial charge in [0, 0.05) is 0 Å². The number of hydrogen-bond acceptors (Lipinski definition) is 3. The Morgan fingerprint density at radius 1 is 0.833 bits per heavy atom. The molecule has 0 amide bonds. The third-order valence-electron chi connectivity index (χ3n) is 2.98. The fourth-order valence-electron chi connectivity index (χ4n) is 2.13. The quantitative estimate of drug-likeness (QED) is 0.747. The smallest absolute Gasteiger partial charge is 0.368 e. The maximum absolute atomic E-state index is 11.6. The van der Waals surface area contributed by atoms with Crippen molar-refractivity contribution >= 4 is 17.1 Å². The topological polar surface area (TPSA) is 26.3 Å². The van der Waals surface area contributed by atoms with Crippen LogP contribution in [0.25, 0.3) is 0 Å². The summed E-state index contributed by atoms with van der Waals surface area (Å²) >= 11 is 1.26. The van der Waals surface area contributed by atoms with Crippen LogP contribution in [0, 0.1) is 0 Å². The van der Waals surface area contributed by atoms with Gasteiger partial charge in [-0.25, -0.2) is 4.79 Å².